The molecule has 0 fully saturated rings. The first-order chi connectivity index (χ1) is 5.13. The van der Waals surface area contributed by atoms with Gasteiger partial charge in [0.25, 0.3) is 0 Å². The van der Waals surface area contributed by atoms with Crippen molar-refractivity contribution in [2.45, 2.75) is 33.6 Å². The highest BCUT2D eigenvalue weighted by Crippen LogP contribution is 2.14. The van der Waals surface area contributed by atoms with E-state index < -0.39 is 5.97 Å². The number of aliphatic carboxylic acids is 1. The summed E-state index contributed by atoms with van der Waals surface area (Å²) in [6.45, 7) is 5.89. The monoisotopic (exact) mass is 156 g/mol. The van der Waals surface area contributed by atoms with E-state index in [4.69, 9.17) is 5.11 Å². The van der Waals surface area contributed by atoms with Crippen LogP contribution in [0.4, 0.5) is 0 Å². The van der Waals surface area contributed by atoms with E-state index in [0.29, 0.717) is 5.57 Å². The Labute approximate surface area is 67.9 Å². The van der Waals surface area contributed by atoms with Gasteiger partial charge < -0.3 is 5.11 Å². The van der Waals surface area contributed by atoms with Crippen molar-refractivity contribution in [2.24, 2.45) is 5.92 Å². The zero-order chi connectivity index (χ0) is 8.85. The molecule has 0 heterocycles. The molecule has 1 unspecified atom stereocenters. The van der Waals surface area contributed by atoms with Crippen molar-refractivity contribution in [3.05, 3.63) is 11.6 Å². The Morgan fingerprint density at radius 1 is 1.55 bits per heavy atom. The average Bonchev–Trinajstić information content (AvgIpc) is 1.98. The number of rotatable bonds is 4. The Bertz CT molecular complexity index is 159. The summed E-state index contributed by atoms with van der Waals surface area (Å²) in [6, 6.07) is 0. The molecule has 2 nitrogen and oxygen atoms in total. The summed E-state index contributed by atoms with van der Waals surface area (Å²) in [5.41, 5.74) is 0.551. The zero-order valence-corrected chi connectivity index (χ0v) is 7.42. The average molecular weight is 156 g/mol. The standard InChI is InChI=1S/C9H16O2/c1-4-6-8(9(10)11)7(3)5-2/h6-7H,4-5H2,1-3H3,(H,10,11). The van der Waals surface area contributed by atoms with E-state index in [1.54, 1.807) is 6.08 Å². The van der Waals surface area contributed by atoms with Crippen molar-refractivity contribution in [3.8, 4) is 0 Å². The van der Waals surface area contributed by atoms with Gasteiger partial charge in [-0.2, -0.15) is 0 Å². The summed E-state index contributed by atoms with van der Waals surface area (Å²) < 4.78 is 0. The molecule has 0 spiro atoms. The number of carboxylic acid groups (broad SMARTS) is 1. The maximum atomic E-state index is 10.6. The van der Waals surface area contributed by atoms with E-state index in [-0.39, 0.29) is 5.92 Å². The molecule has 0 saturated carbocycles. The Morgan fingerprint density at radius 2 is 2.09 bits per heavy atom. The molecule has 0 aliphatic heterocycles. The lowest BCUT2D eigenvalue weighted by atomic mass is 9.98. The minimum Gasteiger partial charge on any atom is -0.478 e. The van der Waals surface area contributed by atoms with Gasteiger partial charge in [-0.15, -0.1) is 0 Å². The number of hydrogen-bond acceptors (Lipinski definition) is 1. The van der Waals surface area contributed by atoms with Crippen LogP contribution in [0.5, 0.6) is 0 Å². The van der Waals surface area contributed by atoms with Crippen molar-refractivity contribution in [3.63, 3.8) is 0 Å². The molecule has 0 amide bonds. The van der Waals surface area contributed by atoms with Crippen molar-refractivity contribution >= 4 is 5.97 Å². The van der Waals surface area contributed by atoms with Crippen LogP contribution in [0.3, 0.4) is 0 Å². The quantitative estimate of drug-likeness (QED) is 0.635. The van der Waals surface area contributed by atoms with E-state index in [1.165, 1.54) is 0 Å². The van der Waals surface area contributed by atoms with Gasteiger partial charge in [0.2, 0.25) is 0 Å². The lowest BCUT2D eigenvalue weighted by molar-refractivity contribution is -0.133. The van der Waals surface area contributed by atoms with E-state index >= 15 is 0 Å². The van der Waals surface area contributed by atoms with Crippen LogP contribution >= 0.6 is 0 Å². The number of carboxylic acids is 1. The fraction of sp³-hybridized carbons (Fsp3) is 0.667. The first kappa shape index (κ1) is 10.2. The summed E-state index contributed by atoms with van der Waals surface area (Å²) in [4.78, 5) is 10.6. The first-order valence-corrected chi connectivity index (χ1v) is 4.06. The summed E-state index contributed by atoms with van der Waals surface area (Å²) in [7, 11) is 0. The predicted molar refractivity (Wildman–Crippen MR) is 45.5 cm³/mol. The Kier molecular flexibility index (Phi) is 4.59. The van der Waals surface area contributed by atoms with Gasteiger partial charge in [-0.3, -0.25) is 0 Å². The number of carbonyl (C=O) groups is 1. The molecule has 0 aromatic rings. The molecule has 0 saturated heterocycles. The fourth-order valence-corrected chi connectivity index (χ4v) is 0.939. The van der Waals surface area contributed by atoms with Crippen molar-refractivity contribution < 1.29 is 9.90 Å². The second kappa shape index (κ2) is 4.94. The highest BCUT2D eigenvalue weighted by Gasteiger charge is 2.12. The van der Waals surface area contributed by atoms with Crippen LogP contribution in [-0.4, -0.2) is 11.1 Å². The zero-order valence-electron chi connectivity index (χ0n) is 7.42. The Morgan fingerprint density at radius 3 is 2.36 bits per heavy atom. The van der Waals surface area contributed by atoms with Crippen LogP contribution < -0.4 is 0 Å². The third-order valence-electron chi connectivity index (χ3n) is 1.81. The molecule has 2 heteroatoms. The highest BCUT2D eigenvalue weighted by atomic mass is 16.4. The van der Waals surface area contributed by atoms with Crippen LogP contribution in [0.2, 0.25) is 0 Å². The molecular formula is C9H16O2. The maximum Gasteiger partial charge on any atom is 0.331 e. The van der Waals surface area contributed by atoms with Gasteiger partial charge in [0, 0.05) is 5.57 Å². The minimum absolute atomic E-state index is 0.174. The lowest BCUT2D eigenvalue weighted by Crippen LogP contribution is -2.08. The van der Waals surface area contributed by atoms with Gasteiger partial charge in [-0.25, -0.2) is 4.79 Å². The largest absolute Gasteiger partial charge is 0.478 e. The molecule has 0 rings (SSSR count). The normalized spacial score (nSPS) is 14.6. The molecule has 1 atom stereocenters. The van der Waals surface area contributed by atoms with Gasteiger partial charge in [0.15, 0.2) is 0 Å². The highest BCUT2D eigenvalue weighted by molar-refractivity contribution is 5.86. The Balaban J connectivity index is 4.34. The fourth-order valence-electron chi connectivity index (χ4n) is 0.939. The summed E-state index contributed by atoms with van der Waals surface area (Å²) in [5.74, 6) is -0.603. The molecular weight excluding hydrogens is 140 g/mol. The summed E-state index contributed by atoms with van der Waals surface area (Å²) in [6.07, 6.45) is 3.47. The second-order valence-corrected chi connectivity index (χ2v) is 2.68. The number of allylic oxidation sites excluding steroid dienone is 1. The molecule has 0 aromatic carbocycles. The van der Waals surface area contributed by atoms with Crippen LogP contribution in [0.15, 0.2) is 11.6 Å². The summed E-state index contributed by atoms with van der Waals surface area (Å²) in [5, 5.41) is 8.74. The van der Waals surface area contributed by atoms with Crippen molar-refractivity contribution in [1.29, 1.82) is 0 Å². The maximum absolute atomic E-state index is 10.6. The summed E-state index contributed by atoms with van der Waals surface area (Å²) >= 11 is 0. The van der Waals surface area contributed by atoms with E-state index in [9.17, 15) is 4.79 Å². The van der Waals surface area contributed by atoms with E-state index in [1.807, 2.05) is 20.8 Å². The van der Waals surface area contributed by atoms with Gasteiger partial charge in [-0.05, 0) is 18.8 Å². The van der Waals surface area contributed by atoms with Gasteiger partial charge >= 0.3 is 5.97 Å². The van der Waals surface area contributed by atoms with Gasteiger partial charge in [0.1, 0.15) is 0 Å². The van der Waals surface area contributed by atoms with E-state index in [0.717, 1.165) is 12.8 Å². The number of hydrogen-bond donors (Lipinski definition) is 1. The molecule has 1 N–H and O–H groups in total. The topological polar surface area (TPSA) is 37.3 Å². The molecule has 0 aliphatic carbocycles. The third-order valence-corrected chi connectivity index (χ3v) is 1.81. The van der Waals surface area contributed by atoms with Crippen LogP contribution in [0.25, 0.3) is 0 Å². The molecule has 0 aliphatic rings. The van der Waals surface area contributed by atoms with Crippen LogP contribution in [-0.2, 0) is 4.79 Å². The SMILES string of the molecule is CCC=C(C(=O)O)C(C)CC. The minimum atomic E-state index is -0.777. The lowest BCUT2D eigenvalue weighted by Gasteiger charge is -2.08. The van der Waals surface area contributed by atoms with Crippen molar-refractivity contribution in [2.75, 3.05) is 0 Å². The Hall–Kier alpha value is -0.790. The molecule has 0 aromatic heterocycles. The molecule has 11 heavy (non-hydrogen) atoms. The third kappa shape index (κ3) is 3.21. The van der Waals surface area contributed by atoms with E-state index in [2.05, 4.69) is 0 Å². The van der Waals surface area contributed by atoms with Crippen molar-refractivity contribution in [1.82, 2.24) is 0 Å². The van der Waals surface area contributed by atoms with Crippen LogP contribution in [0.1, 0.15) is 33.6 Å². The van der Waals surface area contributed by atoms with Gasteiger partial charge in [-0.1, -0.05) is 26.8 Å². The predicted octanol–water partition coefficient (Wildman–Crippen LogP) is 2.45. The smallest absolute Gasteiger partial charge is 0.331 e. The molecule has 64 valence electrons. The second-order valence-electron chi connectivity index (χ2n) is 2.68. The van der Waals surface area contributed by atoms with Crippen LogP contribution in [0, 0.1) is 5.92 Å². The molecule has 0 radical (unpaired) electrons. The van der Waals surface area contributed by atoms with Gasteiger partial charge in [0.05, 0.1) is 0 Å². The molecule has 0 bridgehead atoms. The first-order valence-electron chi connectivity index (χ1n) is 4.06.